The summed E-state index contributed by atoms with van der Waals surface area (Å²) >= 11 is 7.41. The number of aliphatic hydroxyl groups excluding tert-OH is 1. The molecule has 0 saturated carbocycles. The largest absolute Gasteiger partial charge is 0.507 e. The summed E-state index contributed by atoms with van der Waals surface area (Å²) in [5.74, 6) is -0.740. The topological polar surface area (TPSA) is 92.6 Å². The van der Waals surface area contributed by atoms with Crippen LogP contribution in [0.3, 0.4) is 0 Å². The van der Waals surface area contributed by atoms with Crippen LogP contribution < -0.4 is 9.64 Å². The molecule has 0 spiro atoms. The summed E-state index contributed by atoms with van der Waals surface area (Å²) in [5, 5.41) is 12.1. The third-order valence-electron chi connectivity index (χ3n) is 6.10. The molecule has 38 heavy (non-hydrogen) atoms. The highest BCUT2D eigenvalue weighted by molar-refractivity contribution is 7.22. The summed E-state index contributed by atoms with van der Waals surface area (Å²) in [6, 6.07) is 23.8. The van der Waals surface area contributed by atoms with E-state index in [0.29, 0.717) is 38.3 Å². The molecule has 1 aliphatic heterocycles. The molecule has 1 fully saturated rings. The number of aliphatic hydroxyl groups is 1. The lowest BCUT2D eigenvalue weighted by molar-refractivity contribution is -0.132. The zero-order valence-electron chi connectivity index (χ0n) is 19.6. The van der Waals surface area contributed by atoms with Gasteiger partial charge < -0.3 is 9.84 Å². The van der Waals surface area contributed by atoms with Gasteiger partial charge in [0.05, 0.1) is 21.8 Å². The SMILES string of the molecule is O=C1C(=O)N(c2nc3ccc(Cl)cc3s2)C(c2cccc(Oc3ccccc3)c2)C1=C(O)c1ccncc1. The van der Waals surface area contributed by atoms with Gasteiger partial charge in [0.2, 0.25) is 0 Å². The number of hydrogen-bond donors (Lipinski definition) is 1. The molecule has 1 aliphatic rings. The Kier molecular flexibility index (Phi) is 6.11. The van der Waals surface area contributed by atoms with Crippen molar-refractivity contribution in [1.29, 1.82) is 0 Å². The van der Waals surface area contributed by atoms with Crippen molar-refractivity contribution >= 4 is 55.7 Å². The zero-order chi connectivity index (χ0) is 26.2. The molecule has 3 heterocycles. The number of ether oxygens (including phenoxy) is 1. The maximum absolute atomic E-state index is 13.5. The molecule has 186 valence electrons. The molecule has 2 aromatic heterocycles. The number of halogens is 1. The highest BCUT2D eigenvalue weighted by Gasteiger charge is 2.48. The monoisotopic (exact) mass is 539 g/mol. The van der Waals surface area contributed by atoms with Gasteiger partial charge in [-0.2, -0.15) is 0 Å². The van der Waals surface area contributed by atoms with E-state index in [4.69, 9.17) is 16.3 Å². The van der Waals surface area contributed by atoms with E-state index in [2.05, 4.69) is 9.97 Å². The molecule has 7 nitrogen and oxygen atoms in total. The molecule has 1 N–H and O–H groups in total. The van der Waals surface area contributed by atoms with Crippen LogP contribution >= 0.6 is 22.9 Å². The van der Waals surface area contributed by atoms with Gasteiger partial charge in [0.15, 0.2) is 5.13 Å². The Bertz CT molecular complexity index is 1720. The van der Waals surface area contributed by atoms with Crippen LogP contribution in [0.25, 0.3) is 16.0 Å². The second-order valence-electron chi connectivity index (χ2n) is 8.50. The molecule has 5 aromatic rings. The molecular weight excluding hydrogens is 522 g/mol. The fourth-order valence-electron chi connectivity index (χ4n) is 4.37. The number of aromatic nitrogens is 2. The first kappa shape index (κ1) is 23.8. The Labute approximate surface area is 226 Å². The number of pyridine rings is 1. The predicted octanol–water partition coefficient (Wildman–Crippen LogP) is 6.76. The minimum absolute atomic E-state index is 0.0460. The number of Topliss-reactive ketones (excluding diaryl/α,β-unsaturated/α-hetero) is 1. The molecule has 1 unspecified atom stereocenters. The number of carbonyl (C=O) groups is 2. The lowest BCUT2D eigenvalue weighted by atomic mass is 9.95. The summed E-state index contributed by atoms with van der Waals surface area (Å²) in [4.78, 5) is 36.8. The normalized spacial score (nSPS) is 16.8. The highest BCUT2D eigenvalue weighted by atomic mass is 35.5. The van der Waals surface area contributed by atoms with E-state index >= 15 is 0 Å². The number of thiazole rings is 1. The second-order valence-corrected chi connectivity index (χ2v) is 9.95. The van der Waals surface area contributed by atoms with Gasteiger partial charge in [0.25, 0.3) is 5.78 Å². The molecule has 6 rings (SSSR count). The summed E-state index contributed by atoms with van der Waals surface area (Å²) in [6.45, 7) is 0. The van der Waals surface area contributed by atoms with Crippen LogP contribution in [0.1, 0.15) is 17.2 Å². The average molecular weight is 540 g/mol. The molecular formula is C29H18ClN3O4S. The van der Waals surface area contributed by atoms with Crippen molar-refractivity contribution in [3.05, 3.63) is 119 Å². The molecule has 1 amide bonds. The second kappa shape index (κ2) is 9.74. The Morgan fingerprint density at radius 1 is 0.921 bits per heavy atom. The minimum Gasteiger partial charge on any atom is -0.507 e. The molecule has 9 heteroatoms. The van der Waals surface area contributed by atoms with Crippen molar-refractivity contribution in [2.75, 3.05) is 4.90 Å². The van der Waals surface area contributed by atoms with Gasteiger partial charge in [-0.1, -0.05) is 53.3 Å². The van der Waals surface area contributed by atoms with Crippen LogP contribution in [-0.4, -0.2) is 26.8 Å². The standard InChI is InChI=1S/C29H18ClN3O4S/c30-19-9-10-22-23(16-19)38-29(32-22)33-25(18-5-4-8-21(15-18)37-20-6-2-1-3-7-20)24(27(35)28(33)36)26(34)17-11-13-31-14-12-17/h1-16,25,34H. The van der Waals surface area contributed by atoms with E-state index in [1.54, 1.807) is 54.6 Å². The molecule has 0 aliphatic carbocycles. The molecule has 0 radical (unpaired) electrons. The lowest BCUT2D eigenvalue weighted by Crippen LogP contribution is -2.29. The fourth-order valence-corrected chi connectivity index (χ4v) is 5.64. The van der Waals surface area contributed by atoms with Crippen molar-refractivity contribution < 1.29 is 19.4 Å². The van der Waals surface area contributed by atoms with Crippen molar-refractivity contribution in [3.8, 4) is 11.5 Å². The number of ketones is 1. The smallest absolute Gasteiger partial charge is 0.301 e. The quantitative estimate of drug-likeness (QED) is 0.151. The van der Waals surface area contributed by atoms with Gasteiger partial charge in [-0.05, 0) is 60.2 Å². The number of amides is 1. The molecule has 0 bridgehead atoms. The number of rotatable bonds is 5. The van der Waals surface area contributed by atoms with Crippen LogP contribution in [0.4, 0.5) is 5.13 Å². The van der Waals surface area contributed by atoms with Crippen LogP contribution in [0.5, 0.6) is 11.5 Å². The Morgan fingerprint density at radius 2 is 1.68 bits per heavy atom. The van der Waals surface area contributed by atoms with E-state index in [0.717, 1.165) is 4.70 Å². The average Bonchev–Trinajstić information content (AvgIpc) is 3.47. The van der Waals surface area contributed by atoms with E-state index in [9.17, 15) is 14.7 Å². The van der Waals surface area contributed by atoms with Crippen LogP contribution in [0.15, 0.2) is 103 Å². The fraction of sp³-hybridized carbons (Fsp3) is 0.0345. The van der Waals surface area contributed by atoms with E-state index in [1.165, 1.54) is 28.6 Å². The maximum atomic E-state index is 13.5. The van der Waals surface area contributed by atoms with Crippen molar-refractivity contribution in [2.24, 2.45) is 0 Å². The van der Waals surface area contributed by atoms with Crippen LogP contribution in [0, 0.1) is 0 Å². The van der Waals surface area contributed by atoms with Crippen molar-refractivity contribution in [3.63, 3.8) is 0 Å². The Balaban J connectivity index is 1.52. The number of anilines is 1. The number of carbonyl (C=O) groups excluding carboxylic acids is 2. The summed E-state index contributed by atoms with van der Waals surface area (Å²) in [5.41, 5.74) is 1.54. The first-order valence-corrected chi connectivity index (χ1v) is 12.8. The van der Waals surface area contributed by atoms with E-state index in [-0.39, 0.29) is 11.3 Å². The lowest BCUT2D eigenvalue weighted by Gasteiger charge is -2.23. The Hall–Kier alpha value is -4.53. The predicted molar refractivity (Wildman–Crippen MR) is 147 cm³/mol. The third kappa shape index (κ3) is 4.30. The van der Waals surface area contributed by atoms with Crippen LogP contribution in [-0.2, 0) is 9.59 Å². The number of nitrogens with zero attached hydrogens (tertiary/aromatic N) is 3. The van der Waals surface area contributed by atoms with Gasteiger partial charge in [0.1, 0.15) is 17.3 Å². The van der Waals surface area contributed by atoms with Crippen LogP contribution in [0.2, 0.25) is 5.02 Å². The summed E-state index contributed by atoms with van der Waals surface area (Å²) in [6.07, 6.45) is 3.01. The number of hydrogen-bond acceptors (Lipinski definition) is 7. The zero-order valence-corrected chi connectivity index (χ0v) is 21.2. The Morgan fingerprint density at radius 3 is 2.47 bits per heavy atom. The summed E-state index contributed by atoms with van der Waals surface area (Å²) in [7, 11) is 0. The van der Waals surface area contributed by atoms with Gasteiger partial charge in [-0.25, -0.2) is 4.98 Å². The van der Waals surface area contributed by atoms with E-state index in [1.807, 2.05) is 30.3 Å². The number of fused-ring (bicyclic) bond motifs is 1. The highest BCUT2D eigenvalue weighted by Crippen LogP contribution is 2.45. The molecule has 1 atom stereocenters. The van der Waals surface area contributed by atoms with Crippen molar-refractivity contribution in [2.45, 2.75) is 6.04 Å². The van der Waals surface area contributed by atoms with E-state index < -0.39 is 17.7 Å². The number of benzene rings is 3. The maximum Gasteiger partial charge on any atom is 0.301 e. The van der Waals surface area contributed by atoms with Gasteiger partial charge >= 0.3 is 5.91 Å². The van der Waals surface area contributed by atoms with Crippen molar-refractivity contribution in [1.82, 2.24) is 9.97 Å². The molecule has 3 aromatic carbocycles. The van der Waals surface area contributed by atoms with Gasteiger partial charge in [-0.15, -0.1) is 0 Å². The minimum atomic E-state index is -0.946. The summed E-state index contributed by atoms with van der Waals surface area (Å²) < 4.78 is 6.78. The van der Waals surface area contributed by atoms with Gasteiger partial charge in [-0.3, -0.25) is 19.5 Å². The number of para-hydroxylation sites is 1. The molecule has 1 saturated heterocycles. The van der Waals surface area contributed by atoms with Gasteiger partial charge in [0, 0.05) is 23.0 Å². The first-order chi connectivity index (χ1) is 18.5. The first-order valence-electron chi connectivity index (χ1n) is 11.6. The third-order valence-corrected chi connectivity index (χ3v) is 7.35.